The summed E-state index contributed by atoms with van der Waals surface area (Å²) in [6, 6.07) is 10.4. The Bertz CT molecular complexity index is 722. The molecule has 1 N–H and O–H groups in total. The van der Waals surface area contributed by atoms with E-state index in [1.807, 2.05) is 12.1 Å². The van der Waals surface area contributed by atoms with Crippen LogP contribution in [0, 0.1) is 21.4 Å². The molecule has 0 atom stereocenters. The van der Waals surface area contributed by atoms with Crippen molar-refractivity contribution < 1.29 is 9.34 Å². The average molecular weight is 378 g/mol. The van der Waals surface area contributed by atoms with Gasteiger partial charge in [-0.15, -0.1) is 0 Å². The van der Waals surface area contributed by atoms with Gasteiger partial charge < -0.3 is 9.73 Å². The monoisotopic (exact) mass is 377 g/mol. The fraction of sp³-hybridized carbons (Fsp3) is 0.312. The molecule has 0 aliphatic heterocycles. The largest absolute Gasteiger partial charge is 0.460 e. The molecule has 1 heterocycles. The third-order valence-corrected chi connectivity index (χ3v) is 3.94. The number of benzene rings is 1. The standard InChI is InChI=1S/C16H16BrN3O3/c17-15-10-12(20(21)22)4-6-14(15)16-7-5-13(23-16)11-19-9-3-1-2-8-18/h4-7,10,19H,1-3,9,11H2. The minimum absolute atomic E-state index is 0.0337. The van der Waals surface area contributed by atoms with Gasteiger partial charge in [0.2, 0.25) is 0 Å². The zero-order valence-corrected chi connectivity index (χ0v) is 14.0. The van der Waals surface area contributed by atoms with Crippen LogP contribution in [0.3, 0.4) is 0 Å². The maximum absolute atomic E-state index is 10.8. The van der Waals surface area contributed by atoms with E-state index in [2.05, 4.69) is 27.3 Å². The van der Waals surface area contributed by atoms with Crippen LogP contribution in [0.25, 0.3) is 11.3 Å². The number of nitro benzene ring substituents is 1. The van der Waals surface area contributed by atoms with Gasteiger partial charge in [-0.25, -0.2) is 0 Å². The van der Waals surface area contributed by atoms with Gasteiger partial charge in [0.05, 0.1) is 17.5 Å². The molecule has 0 fully saturated rings. The van der Waals surface area contributed by atoms with Crippen LogP contribution in [-0.2, 0) is 6.54 Å². The molecule has 0 radical (unpaired) electrons. The number of nitro groups is 1. The number of furan rings is 1. The first kappa shape index (κ1) is 17.2. The van der Waals surface area contributed by atoms with Crippen molar-refractivity contribution in [1.82, 2.24) is 5.32 Å². The molecule has 0 saturated heterocycles. The Labute approximate surface area is 142 Å². The maximum atomic E-state index is 10.8. The number of rotatable bonds is 8. The van der Waals surface area contributed by atoms with Crippen LogP contribution >= 0.6 is 15.9 Å². The van der Waals surface area contributed by atoms with Crippen molar-refractivity contribution in [3.05, 3.63) is 50.7 Å². The van der Waals surface area contributed by atoms with Gasteiger partial charge in [-0.1, -0.05) is 0 Å². The Morgan fingerprint density at radius 1 is 1.30 bits per heavy atom. The molecule has 7 heteroatoms. The summed E-state index contributed by atoms with van der Waals surface area (Å²) in [6.07, 6.45) is 2.43. The molecule has 0 saturated carbocycles. The minimum atomic E-state index is -0.432. The smallest absolute Gasteiger partial charge is 0.270 e. The summed E-state index contributed by atoms with van der Waals surface area (Å²) < 4.78 is 6.39. The lowest BCUT2D eigenvalue weighted by Gasteiger charge is -2.03. The van der Waals surface area contributed by atoms with Crippen molar-refractivity contribution in [3.63, 3.8) is 0 Å². The van der Waals surface area contributed by atoms with Crippen molar-refractivity contribution in [2.45, 2.75) is 25.8 Å². The summed E-state index contributed by atoms with van der Waals surface area (Å²) in [7, 11) is 0. The number of hydrogen-bond acceptors (Lipinski definition) is 5. The summed E-state index contributed by atoms with van der Waals surface area (Å²) in [5.41, 5.74) is 0.808. The summed E-state index contributed by atoms with van der Waals surface area (Å²) in [6.45, 7) is 1.44. The van der Waals surface area contributed by atoms with Gasteiger partial charge >= 0.3 is 0 Å². The lowest BCUT2D eigenvalue weighted by Crippen LogP contribution is -2.13. The average Bonchev–Trinajstić information content (AvgIpc) is 2.99. The SMILES string of the molecule is N#CCCCCNCc1ccc(-c2ccc([N+](=O)[O-])cc2Br)o1. The number of nitrogens with zero attached hydrogens (tertiary/aromatic N) is 2. The highest BCUT2D eigenvalue weighted by Crippen LogP contribution is 2.32. The van der Waals surface area contributed by atoms with E-state index >= 15 is 0 Å². The molecule has 120 valence electrons. The van der Waals surface area contributed by atoms with Crippen LogP contribution in [0.1, 0.15) is 25.0 Å². The van der Waals surface area contributed by atoms with Crippen LogP contribution in [0.2, 0.25) is 0 Å². The Balaban J connectivity index is 1.94. The summed E-state index contributed by atoms with van der Waals surface area (Å²) >= 11 is 3.34. The topological polar surface area (TPSA) is 92.1 Å². The normalized spacial score (nSPS) is 10.4. The van der Waals surface area contributed by atoms with E-state index in [1.165, 1.54) is 12.1 Å². The number of nitrogens with one attached hydrogen (secondary N) is 1. The maximum Gasteiger partial charge on any atom is 0.270 e. The van der Waals surface area contributed by atoms with Gasteiger partial charge in [-0.2, -0.15) is 5.26 Å². The van der Waals surface area contributed by atoms with Crippen LogP contribution in [0.15, 0.2) is 39.2 Å². The molecular weight excluding hydrogens is 362 g/mol. The summed E-state index contributed by atoms with van der Waals surface area (Å²) in [5, 5.41) is 22.5. The first-order valence-corrected chi connectivity index (χ1v) is 8.02. The second-order valence-electron chi connectivity index (χ2n) is 4.98. The molecule has 1 aromatic heterocycles. The summed E-state index contributed by atoms with van der Waals surface area (Å²) in [5.74, 6) is 1.46. The molecule has 0 amide bonds. The number of nitriles is 1. The van der Waals surface area contributed by atoms with Crippen LogP contribution in [-0.4, -0.2) is 11.5 Å². The molecule has 0 bridgehead atoms. The lowest BCUT2D eigenvalue weighted by molar-refractivity contribution is -0.384. The molecule has 6 nitrogen and oxygen atoms in total. The highest BCUT2D eigenvalue weighted by Gasteiger charge is 2.13. The Kier molecular flexibility index (Phi) is 6.32. The van der Waals surface area contributed by atoms with E-state index < -0.39 is 4.92 Å². The minimum Gasteiger partial charge on any atom is -0.460 e. The van der Waals surface area contributed by atoms with E-state index in [1.54, 1.807) is 6.07 Å². The van der Waals surface area contributed by atoms with E-state index in [9.17, 15) is 10.1 Å². The molecule has 2 rings (SSSR count). The van der Waals surface area contributed by atoms with Crippen molar-refractivity contribution >= 4 is 21.6 Å². The fourth-order valence-corrected chi connectivity index (χ4v) is 2.66. The molecule has 0 aliphatic carbocycles. The van der Waals surface area contributed by atoms with E-state index in [0.717, 1.165) is 30.7 Å². The predicted molar refractivity (Wildman–Crippen MR) is 89.7 cm³/mol. The first-order chi connectivity index (χ1) is 11.1. The van der Waals surface area contributed by atoms with Crippen molar-refractivity contribution in [3.8, 4) is 17.4 Å². The zero-order chi connectivity index (χ0) is 16.7. The van der Waals surface area contributed by atoms with Gasteiger partial charge in [0.1, 0.15) is 11.5 Å². The van der Waals surface area contributed by atoms with Crippen LogP contribution < -0.4 is 5.32 Å². The summed E-state index contributed by atoms with van der Waals surface area (Å²) in [4.78, 5) is 10.3. The van der Waals surface area contributed by atoms with Crippen LogP contribution in [0.5, 0.6) is 0 Å². The van der Waals surface area contributed by atoms with Crippen molar-refractivity contribution in [2.75, 3.05) is 6.54 Å². The quantitative estimate of drug-likeness (QED) is 0.418. The van der Waals surface area contributed by atoms with Gasteiger partial charge in [0, 0.05) is 28.6 Å². The Hall–Kier alpha value is -2.17. The number of hydrogen-bond donors (Lipinski definition) is 1. The Morgan fingerprint density at radius 2 is 2.13 bits per heavy atom. The Morgan fingerprint density at radius 3 is 2.83 bits per heavy atom. The number of non-ortho nitro benzene ring substituents is 1. The lowest BCUT2D eigenvalue weighted by atomic mass is 10.1. The molecule has 2 aromatic rings. The number of unbranched alkanes of at least 4 members (excludes halogenated alkanes) is 2. The highest BCUT2D eigenvalue weighted by atomic mass is 79.9. The molecule has 0 spiro atoms. The van der Waals surface area contributed by atoms with Gasteiger partial charge in [0.15, 0.2) is 0 Å². The third-order valence-electron chi connectivity index (χ3n) is 3.28. The van der Waals surface area contributed by atoms with Gasteiger partial charge in [-0.3, -0.25) is 10.1 Å². The second-order valence-corrected chi connectivity index (χ2v) is 5.83. The number of halogens is 1. The van der Waals surface area contributed by atoms with E-state index in [-0.39, 0.29) is 5.69 Å². The van der Waals surface area contributed by atoms with E-state index in [0.29, 0.717) is 23.2 Å². The molecule has 23 heavy (non-hydrogen) atoms. The second kappa shape index (κ2) is 8.46. The predicted octanol–water partition coefficient (Wildman–Crippen LogP) is 4.40. The van der Waals surface area contributed by atoms with Gasteiger partial charge in [0.25, 0.3) is 5.69 Å². The molecule has 1 aromatic carbocycles. The van der Waals surface area contributed by atoms with Crippen molar-refractivity contribution in [2.24, 2.45) is 0 Å². The fourth-order valence-electron chi connectivity index (χ4n) is 2.10. The van der Waals surface area contributed by atoms with Crippen molar-refractivity contribution in [1.29, 1.82) is 5.26 Å². The highest BCUT2D eigenvalue weighted by molar-refractivity contribution is 9.10. The first-order valence-electron chi connectivity index (χ1n) is 7.22. The van der Waals surface area contributed by atoms with E-state index in [4.69, 9.17) is 9.68 Å². The third kappa shape index (κ3) is 4.91. The van der Waals surface area contributed by atoms with Crippen LogP contribution in [0.4, 0.5) is 5.69 Å². The molecular formula is C16H16BrN3O3. The zero-order valence-electron chi connectivity index (χ0n) is 12.4. The molecule has 0 aliphatic rings. The van der Waals surface area contributed by atoms with Gasteiger partial charge in [-0.05, 0) is 53.5 Å². The molecule has 0 unspecified atom stereocenters.